The molecule has 0 bridgehead atoms. The Hall–Kier alpha value is -2.70. The van der Waals surface area contributed by atoms with Crippen molar-refractivity contribution in [2.45, 2.75) is 33.2 Å². The summed E-state index contributed by atoms with van der Waals surface area (Å²) in [7, 11) is 0. The number of carbonyl (C=O) groups is 2. The standard InChI is InChI=1S/C15H17N3O4/c1-4-13(10(3)19)18-7-5-6-11(15(18)21)16-14(20)12-8-9(2)22-17-12/h5-8,13H,4H2,1-3H3,(H,16,20)/t13-/m0/s1. The van der Waals surface area contributed by atoms with E-state index in [-0.39, 0.29) is 17.2 Å². The van der Waals surface area contributed by atoms with E-state index in [0.717, 1.165) is 0 Å². The molecule has 2 aromatic heterocycles. The second kappa shape index (κ2) is 6.38. The van der Waals surface area contributed by atoms with Crippen LogP contribution in [0.2, 0.25) is 0 Å². The Labute approximate surface area is 126 Å². The van der Waals surface area contributed by atoms with Crippen molar-refractivity contribution in [3.8, 4) is 0 Å². The van der Waals surface area contributed by atoms with E-state index in [4.69, 9.17) is 4.52 Å². The van der Waals surface area contributed by atoms with Crippen LogP contribution in [0.3, 0.4) is 0 Å². The second-order valence-corrected chi connectivity index (χ2v) is 4.95. The van der Waals surface area contributed by atoms with Crippen molar-refractivity contribution in [2.75, 3.05) is 5.32 Å². The maximum absolute atomic E-state index is 12.4. The van der Waals surface area contributed by atoms with Crippen molar-refractivity contribution in [2.24, 2.45) is 0 Å². The van der Waals surface area contributed by atoms with Gasteiger partial charge in [0.25, 0.3) is 11.5 Å². The number of carbonyl (C=O) groups excluding carboxylic acids is 2. The van der Waals surface area contributed by atoms with Crippen molar-refractivity contribution >= 4 is 17.4 Å². The third kappa shape index (κ3) is 3.13. The summed E-state index contributed by atoms with van der Waals surface area (Å²) in [4.78, 5) is 36.0. The van der Waals surface area contributed by atoms with Gasteiger partial charge in [0, 0.05) is 12.3 Å². The molecule has 22 heavy (non-hydrogen) atoms. The normalized spacial score (nSPS) is 12.0. The zero-order valence-electron chi connectivity index (χ0n) is 12.6. The zero-order valence-corrected chi connectivity index (χ0v) is 12.6. The number of hydrogen-bond donors (Lipinski definition) is 1. The minimum absolute atomic E-state index is 0.0888. The van der Waals surface area contributed by atoms with Gasteiger partial charge in [-0.15, -0.1) is 0 Å². The summed E-state index contributed by atoms with van der Waals surface area (Å²) in [5, 5.41) is 6.09. The molecule has 7 nitrogen and oxygen atoms in total. The molecule has 0 saturated carbocycles. The SMILES string of the molecule is CC[C@@H](C(C)=O)n1cccc(NC(=O)c2cc(C)on2)c1=O. The fourth-order valence-electron chi connectivity index (χ4n) is 2.19. The summed E-state index contributed by atoms with van der Waals surface area (Å²) in [6.07, 6.45) is 2.03. The van der Waals surface area contributed by atoms with Crippen LogP contribution in [0.1, 0.15) is 42.6 Å². The molecular weight excluding hydrogens is 286 g/mol. The summed E-state index contributed by atoms with van der Waals surface area (Å²) in [5.41, 5.74) is -0.253. The highest BCUT2D eigenvalue weighted by Gasteiger charge is 2.18. The summed E-state index contributed by atoms with van der Waals surface area (Å²) in [6, 6.07) is 4.02. The molecule has 1 N–H and O–H groups in total. The van der Waals surface area contributed by atoms with Gasteiger partial charge in [-0.2, -0.15) is 0 Å². The van der Waals surface area contributed by atoms with Crippen molar-refractivity contribution in [3.63, 3.8) is 0 Å². The molecule has 1 amide bonds. The number of nitrogens with zero attached hydrogens (tertiary/aromatic N) is 2. The number of aromatic nitrogens is 2. The molecule has 2 heterocycles. The molecule has 2 aromatic rings. The van der Waals surface area contributed by atoms with E-state index in [1.165, 1.54) is 29.8 Å². The van der Waals surface area contributed by atoms with Crippen LogP contribution in [0, 0.1) is 6.92 Å². The summed E-state index contributed by atoms with van der Waals surface area (Å²) < 4.78 is 6.15. The quantitative estimate of drug-likeness (QED) is 0.911. The topological polar surface area (TPSA) is 94.2 Å². The van der Waals surface area contributed by atoms with E-state index < -0.39 is 17.5 Å². The number of anilines is 1. The first-order valence-corrected chi connectivity index (χ1v) is 6.90. The van der Waals surface area contributed by atoms with E-state index in [1.54, 1.807) is 13.0 Å². The lowest BCUT2D eigenvalue weighted by atomic mass is 10.1. The van der Waals surface area contributed by atoms with Gasteiger partial charge in [-0.1, -0.05) is 12.1 Å². The number of aryl methyl sites for hydroxylation is 1. The van der Waals surface area contributed by atoms with E-state index >= 15 is 0 Å². The Morgan fingerprint density at radius 1 is 1.45 bits per heavy atom. The van der Waals surface area contributed by atoms with Gasteiger partial charge in [0.1, 0.15) is 11.4 Å². The molecule has 7 heteroatoms. The lowest BCUT2D eigenvalue weighted by Gasteiger charge is -2.16. The Kier molecular flexibility index (Phi) is 4.55. The van der Waals surface area contributed by atoms with Crippen LogP contribution >= 0.6 is 0 Å². The fraction of sp³-hybridized carbons (Fsp3) is 0.333. The molecule has 0 fully saturated rings. The number of nitrogens with one attached hydrogen (secondary N) is 1. The second-order valence-electron chi connectivity index (χ2n) is 4.95. The van der Waals surface area contributed by atoms with E-state index in [1.807, 2.05) is 6.92 Å². The maximum atomic E-state index is 12.4. The van der Waals surface area contributed by atoms with Gasteiger partial charge in [-0.25, -0.2) is 0 Å². The third-order valence-electron chi connectivity index (χ3n) is 3.28. The molecule has 0 aliphatic heterocycles. The molecular formula is C15H17N3O4. The first-order chi connectivity index (χ1) is 10.4. The van der Waals surface area contributed by atoms with E-state index in [2.05, 4.69) is 10.5 Å². The predicted octanol–water partition coefficient (Wildman–Crippen LogP) is 1.94. The average molecular weight is 303 g/mol. The highest BCUT2D eigenvalue weighted by atomic mass is 16.5. The zero-order chi connectivity index (χ0) is 16.3. The first-order valence-electron chi connectivity index (χ1n) is 6.90. The monoisotopic (exact) mass is 303 g/mol. The van der Waals surface area contributed by atoms with E-state index in [0.29, 0.717) is 12.2 Å². The Bertz CT molecular complexity index is 760. The minimum Gasteiger partial charge on any atom is -0.361 e. The molecule has 0 aliphatic carbocycles. The van der Waals surface area contributed by atoms with Gasteiger partial charge in [0.15, 0.2) is 11.5 Å². The molecule has 0 unspecified atom stereocenters. The number of Topliss-reactive ketones (excluding diaryl/α,β-unsaturated/α-hetero) is 1. The molecule has 0 radical (unpaired) electrons. The fourth-order valence-corrected chi connectivity index (χ4v) is 2.19. The molecule has 0 aliphatic rings. The highest BCUT2D eigenvalue weighted by Crippen LogP contribution is 2.12. The Balaban J connectivity index is 2.31. The summed E-state index contributed by atoms with van der Waals surface area (Å²) >= 11 is 0. The van der Waals surface area contributed by atoms with Crippen LogP contribution in [0.4, 0.5) is 5.69 Å². The van der Waals surface area contributed by atoms with E-state index in [9.17, 15) is 14.4 Å². The van der Waals surface area contributed by atoms with Crippen LogP contribution in [-0.2, 0) is 4.79 Å². The van der Waals surface area contributed by atoms with Crippen molar-refractivity contribution in [1.82, 2.24) is 9.72 Å². The molecule has 0 spiro atoms. The average Bonchev–Trinajstić information content (AvgIpc) is 2.90. The molecule has 0 aromatic carbocycles. The number of ketones is 1. The van der Waals surface area contributed by atoms with Gasteiger partial charge >= 0.3 is 0 Å². The minimum atomic E-state index is -0.543. The van der Waals surface area contributed by atoms with Gasteiger partial charge in [-0.05, 0) is 32.4 Å². The summed E-state index contributed by atoms with van der Waals surface area (Å²) in [6.45, 7) is 4.92. The summed E-state index contributed by atoms with van der Waals surface area (Å²) in [5.74, 6) is -0.152. The highest BCUT2D eigenvalue weighted by molar-refractivity contribution is 6.02. The van der Waals surface area contributed by atoms with Gasteiger partial charge in [0.05, 0.1) is 6.04 Å². The third-order valence-corrected chi connectivity index (χ3v) is 3.28. The van der Waals surface area contributed by atoms with Crippen LogP contribution in [0.25, 0.3) is 0 Å². The van der Waals surface area contributed by atoms with Crippen LogP contribution in [0.5, 0.6) is 0 Å². The van der Waals surface area contributed by atoms with Crippen molar-refractivity contribution in [3.05, 3.63) is 46.2 Å². The number of pyridine rings is 1. The Morgan fingerprint density at radius 3 is 2.73 bits per heavy atom. The van der Waals surface area contributed by atoms with Crippen LogP contribution in [-0.4, -0.2) is 21.4 Å². The number of amides is 1. The van der Waals surface area contributed by atoms with Gasteiger partial charge in [0.2, 0.25) is 0 Å². The predicted molar refractivity (Wildman–Crippen MR) is 79.9 cm³/mol. The number of hydrogen-bond acceptors (Lipinski definition) is 5. The molecule has 2 rings (SSSR count). The van der Waals surface area contributed by atoms with Crippen LogP contribution < -0.4 is 10.9 Å². The maximum Gasteiger partial charge on any atom is 0.278 e. The van der Waals surface area contributed by atoms with Crippen molar-refractivity contribution < 1.29 is 14.1 Å². The first kappa shape index (κ1) is 15.7. The smallest absolute Gasteiger partial charge is 0.278 e. The van der Waals surface area contributed by atoms with Crippen LogP contribution in [0.15, 0.2) is 33.7 Å². The molecule has 116 valence electrons. The van der Waals surface area contributed by atoms with Gasteiger partial charge < -0.3 is 14.4 Å². The number of rotatable bonds is 5. The largest absolute Gasteiger partial charge is 0.361 e. The molecule has 0 saturated heterocycles. The lowest BCUT2D eigenvalue weighted by molar-refractivity contribution is -0.120. The Morgan fingerprint density at radius 2 is 2.18 bits per heavy atom. The molecule has 1 atom stereocenters. The lowest BCUT2D eigenvalue weighted by Crippen LogP contribution is -2.30. The van der Waals surface area contributed by atoms with Gasteiger partial charge in [-0.3, -0.25) is 14.4 Å². The van der Waals surface area contributed by atoms with Crippen molar-refractivity contribution in [1.29, 1.82) is 0 Å².